The second-order valence-corrected chi connectivity index (χ2v) is 9.44. The van der Waals surface area contributed by atoms with Crippen LogP contribution < -0.4 is 0 Å². The van der Waals surface area contributed by atoms with Gasteiger partial charge < -0.3 is 9.64 Å². The van der Waals surface area contributed by atoms with Crippen LogP contribution in [0.5, 0.6) is 0 Å². The van der Waals surface area contributed by atoms with Crippen molar-refractivity contribution in [3.8, 4) is 0 Å². The maximum Gasteiger partial charge on any atom is 0.409 e. The third-order valence-electron chi connectivity index (χ3n) is 4.17. The Bertz CT molecular complexity index is 760. The van der Waals surface area contributed by atoms with E-state index < -0.39 is 9.89 Å². The van der Waals surface area contributed by atoms with Crippen LogP contribution in [0.25, 0.3) is 5.57 Å². The van der Waals surface area contributed by atoms with Gasteiger partial charge in [-0.2, -0.15) is 0 Å². The molecule has 1 saturated heterocycles. The van der Waals surface area contributed by atoms with Crippen molar-refractivity contribution in [1.29, 1.82) is 0 Å². The van der Waals surface area contributed by atoms with Crippen molar-refractivity contribution >= 4 is 57.8 Å². The van der Waals surface area contributed by atoms with Crippen LogP contribution in [-0.4, -0.2) is 34.5 Å². The maximum atomic E-state index is 12.1. The minimum absolute atomic E-state index is 0.250. The normalized spacial score (nSPS) is 15.0. The number of amides is 1. The molecule has 1 aliphatic rings. The highest BCUT2D eigenvalue weighted by Crippen LogP contribution is 2.34. The number of carbonyl (C=O) groups excluding carboxylic acids is 1. The Morgan fingerprint density at radius 2 is 1.77 bits per heavy atom. The molecule has 3 rings (SSSR count). The molecule has 2 heterocycles. The van der Waals surface area contributed by atoms with Gasteiger partial charge in [0, 0.05) is 18.0 Å². The highest BCUT2D eigenvalue weighted by Gasteiger charge is 2.27. The predicted molar refractivity (Wildman–Crippen MR) is 109 cm³/mol. The molecule has 1 aromatic heterocycles. The molecule has 0 N–H and O–H groups in total. The van der Waals surface area contributed by atoms with Gasteiger partial charge in [-0.3, -0.25) is 0 Å². The number of hydrogen-bond donors (Lipinski definition) is 0. The van der Waals surface area contributed by atoms with Gasteiger partial charge >= 0.3 is 6.09 Å². The van der Waals surface area contributed by atoms with Crippen LogP contribution in [0.4, 0.5) is 4.79 Å². The van der Waals surface area contributed by atoms with E-state index in [1.54, 1.807) is 16.2 Å². The van der Waals surface area contributed by atoms with Crippen LogP contribution in [0.15, 0.2) is 53.4 Å². The maximum absolute atomic E-state index is 12.1. The van der Waals surface area contributed by atoms with Crippen LogP contribution in [-0.2, 0) is 4.74 Å². The molecule has 26 heavy (non-hydrogen) atoms. The summed E-state index contributed by atoms with van der Waals surface area (Å²) in [6, 6.07) is 14.6. The van der Waals surface area contributed by atoms with Gasteiger partial charge in [0.1, 0.15) is 6.61 Å². The first-order valence-corrected chi connectivity index (χ1v) is 10.2. The van der Waals surface area contributed by atoms with Crippen LogP contribution in [0.3, 0.4) is 0 Å². The van der Waals surface area contributed by atoms with Crippen molar-refractivity contribution < 1.29 is 9.53 Å². The predicted octanol–water partition coefficient (Wildman–Crippen LogP) is 6.15. The number of thiophene rings is 1. The minimum Gasteiger partial charge on any atom is -0.445 e. The molecule has 138 valence electrons. The van der Waals surface area contributed by atoms with E-state index in [4.69, 9.17) is 39.5 Å². The van der Waals surface area contributed by atoms with E-state index in [0.29, 0.717) is 13.1 Å². The molecule has 1 aromatic carbocycles. The zero-order valence-corrected chi connectivity index (χ0v) is 17.0. The van der Waals surface area contributed by atoms with E-state index in [-0.39, 0.29) is 6.61 Å². The Hall–Kier alpha value is -1.20. The molecule has 0 bridgehead atoms. The van der Waals surface area contributed by atoms with Gasteiger partial charge in [-0.15, -0.1) is 11.3 Å². The SMILES string of the molecule is O=C(OCC(Cl)(Cl)Cl)N1CCC(=C(c2ccccc2)c2cccs2)CC1. The number of ether oxygens (including phenoxy) is 1. The zero-order chi connectivity index (χ0) is 18.6. The average molecular weight is 431 g/mol. The zero-order valence-electron chi connectivity index (χ0n) is 14.0. The summed E-state index contributed by atoms with van der Waals surface area (Å²) in [7, 11) is 0. The molecule has 0 atom stereocenters. The van der Waals surface area contributed by atoms with Crippen molar-refractivity contribution in [3.05, 3.63) is 63.9 Å². The molecular weight excluding hydrogens is 413 g/mol. The topological polar surface area (TPSA) is 29.5 Å². The Morgan fingerprint density at radius 1 is 1.08 bits per heavy atom. The lowest BCUT2D eigenvalue weighted by Crippen LogP contribution is -2.38. The van der Waals surface area contributed by atoms with E-state index >= 15 is 0 Å². The molecular formula is C19H18Cl3NO2S. The summed E-state index contributed by atoms with van der Waals surface area (Å²) in [6.45, 7) is 0.936. The fourth-order valence-corrected chi connectivity index (χ4v) is 3.99. The molecule has 7 heteroatoms. The molecule has 2 aromatic rings. The standard InChI is InChI=1S/C19H18Cl3NO2S/c20-19(21,22)13-25-18(24)23-10-8-15(9-11-23)17(16-7-4-12-26-16)14-5-2-1-3-6-14/h1-7,12H,8-11,13H2. The Kier molecular flexibility index (Phi) is 6.51. The van der Waals surface area contributed by atoms with E-state index in [1.807, 2.05) is 18.2 Å². The summed E-state index contributed by atoms with van der Waals surface area (Å²) in [5.74, 6) is 0. The first-order valence-electron chi connectivity index (χ1n) is 8.24. The number of likely N-dealkylation sites (tertiary alicyclic amines) is 1. The molecule has 0 radical (unpaired) electrons. The van der Waals surface area contributed by atoms with Crippen LogP contribution in [0, 0.1) is 0 Å². The molecule has 1 aliphatic heterocycles. The van der Waals surface area contributed by atoms with Crippen molar-refractivity contribution in [2.75, 3.05) is 19.7 Å². The number of benzene rings is 1. The van der Waals surface area contributed by atoms with Gasteiger partial charge in [0.05, 0.1) is 0 Å². The highest BCUT2D eigenvalue weighted by molar-refractivity contribution is 7.11. The molecule has 1 amide bonds. The van der Waals surface area contributed by atoms with E-state index in [2.05, 4.69) is 29.6 Å². The van der Waals surface area contributed by atoms with Gasteiger partial charge in [0.2, 0.25) is 3.79 Å². The van der Waals surface area contributed by atoms with Crippen molar-refractivity contribution in [2.45, 2.75) is 16.6 Å². The first-order chi connectivity index (χ1) is 12.4. The van der Waals surface area contributed by atoms with Crippen molar-refractivity contribution in [1.82, 2.24) is 4.90 Å². The molecule has 0 aliphatic carbocycles. The lowest BCUT2D eigenvalue weighted by Gasteiger charge is -2.29. The number of rotatable bonds is 3. The molecule has 0 unspecified atom stereocenters. The average Bonchev–Trinajstić information content (AvgIpc) is 3.15. The molecule has 0 saturated carbocycles. The fraction of sp³-hybridized carbons (Fsp3) is 0.316. The second kappa shape index (κ2) is 8.66. The summed E-state index contributed by atoms with van der Waals surface area (Å²) in [4.78, 5) is 15.0. The third-order valence-corrected chi connectivity index (χ3v) is 5.38. The lowest BCUT2D eigenvalue weighted by molar-refractivity contribution is 0.101. The fourth-order valence-electron chi connectivity index (χ4n) is 2.99. The van der Waals surface area contributed by atoms with Gasteiger partial charge in [0.15, 0.2) is 0 Å². The summed E-state index contributed by atoms with van der Waals surface area (Å²) in [6.07, 6.45) is 1.16. The van der Waals surface area contributed by atoms with Crippen molar-refractivity contribution in [2.24, 2.45) is 0 Å². The molecule has 1 fully saturated rings. The Morgan fingerprint density at radius 3 is 2.35 bits per heavy atom. The lowest BCUT2D eigenvalue weighted by atomic mass is 9.92. The number of halogens is 3. The van der Waals surface area contributed by atoms with Crippen LogP contribution in [0.2, 0.25) is 0 Å². The number of alkyl halides is 3. The largest absolute Gasteiger partial charge is 0.445 e. The number of hydrogen-bond acceptors (Lipinski definition) is 3. The summed E-state index contributed by atoms with van der Waals surface area (Å²) in [5, 5.41) is 2.09. The van der Waals surface area contributed by atoms with Crippen LogP contribution >= 0.6 is 46.1 Å². The second-order valence-electron chi connectivity index (χ2n) is 5.98. The van der Waals surface area contributed by atoms with E-state index in [1.165, 1.54) is 21.6 Å². The van der Waals surface area contributed by atoms with E-state index in [0.717, 1.165) is 12.8 Å². The number of piperidine rings is 1. The highest BCUT2D eigenvalue weighted by atomic mass is 35.6. The van der Waals surface area contributed by atoms with Gasteiger partial charge in [0.25, 0.3) is 0 Å². The summed E-state index contributed by atoms with van der Waals surface area (Å²) < 4.78 is 3.49. The number of carbonyl (C=O) groups is 1. The van der Waals surface area contributed by atoms with Gasteiger partial charge in [-0.05, 0) is 35.4 Å². The van der Waals surface area contributed by atoms with Gasteiger partial charge in [-0.25, -0.2) is 4.79 Å². The van der Waals surface area contributed by atoms with Gasteiger partial charge in [-0.1, -0.05) is 76.8 Å². The molecule has 3 nitrogen and oxygen atoms in total. The summed E-state index contributed by atoms with van der Waals surface area (Å²) in [5.41, 5.74) is 3.83. The minimum atomic E-state index is -1.59. The van der Waals surface area contributed by atoms with Crippen LogP contribution in [0.1, 0.15) is 23.3 Å². The smallest absolute Gasteiger partial charge is 0.409 e. The van der Waals surface area contributed by atoms with E-state index in [9.17, 15) is 4.79 Å². The quantitative estimate of drug-likeness (QED) is 0.546. The summed E-state index contributed by atoms with van der Waals surface area (Å²) >= 11 is 18.6. The Balaban J connectivity index is 1.74. The van der Waals surface area contributed by atoms with Crippen molar-refractivity contribution in [3.63, 3.8) is 0 Å². The third kappa shape index (κ3) is 5.17. The Labute approximate surface area is 172 Å². The first kappa shape index (κ1) is 19.6. The molecule has 0 spiro atoms. The monoisotopic (exact) mass is 429 g/mol. The number of nitrogens with zero attached hydrogens (tertiary/aromatic N) is 1.